The molecule has 4 aliphatic rings. The number of ether oxygens (including phenoxy) is 1. The number of likely N-dealkylation sites (tertiary alicyclic amines) is 1. The van der Waals surface area contributed by atoms with Crippen molar-refractivity contribution in [2.24, 2.45) is 11.8 Å². The van der Waals surface area contributed by atoms with Gasteiger partial charge >= 0.3 is 0 Å². The Labute approximate surface area is 261 Å². The lowest BCUT2D eigenvalue weighted by Crippen LogP contribution is -2.57. The minimum Gasteiger partial charge on any atom is -0.394 e. The van der Waals surface area contributed by atoms with Gasteiger partial charge < -0.3 is 24.5 Å². The number of fused-ring (bicyclic) bond motifs is 1. The summed E-state index contributed by atoms with van der Waals surface area (Å²) in [5.41, 5.74) is 0.757. The molecule has 4 saturated heterocycles. The van der Waals surface area contributed by atoms with Crippen LogP contribution in [-0.4, -0.2) is 129 Å². The van der Waals surface area contributed by atoms with Crippen molar-refractivity contribution in [1.29, 1.82) is 0 Å². The Balaban J connectivity index is 1.55. The van der Waals surface area contributed by atoms with Crippen LogP contribution in [0.5, 0.6) is 0 Å². The first-order chi connectivity index (χ1) is 20.3. The number of hydrogen-bond donors (Lipinski definition) is 1. The van der Waals surface area contributed by atoms with Gasteiger partial charge in [0.2, 0.25) is 17.7 Å². The number of likely N-dealkylation sites (N-methyl/N-ethyl adjacent to an activating group) is 1. The van der Waals surface area contributed by atoms with Gasteiger partial charge in [-0.05, 0) is 12.0 Å². The Hall–Kier alpha value is -2.18. The topological polar surface area (TPSA) is 93.6 Å². The van der Waals surface area contributed by atoms with Crippen molar-refractivity contribution >= 4 is 45.4 Å². The Kier molecular flexibility index (Phi) is 9.83. The summed E-state index contributed by atoms with van der Waals surface area (Å²) >= 11 is 5.45. The molecule has 42 heavy (non-hydrogen) atoms. The molecule has 1 N–H and O–H groups in total. The second kappa shape index (κ2) is 13.2. The van der Waals surface area contributed by atoms with Crippen LogP contribution in [0.25, 0.3) is 0 Å². The summed E-state index contributed by atoms with van der Waals surface area (Å²) in [4.78, 5) is 50.6. The highest BCUT2D eigenvalue weighted by atomic mass is 79.9. The van der Waals surface area contributed by atoms with E-state index in [-0.39, 0.29) is 34.4 Å². The normalized spacial score (nSPS) is 31.1. The maximum Gasteiger partial charge on any atom is 0.247 e. The molecule has 3 amide bonds. The van der Waals surface area contributed by atoms with Crippen LogP contribution < -0.4 is 0 Å². The number of thioether (sulfide) groups is 1. The number of carbonyl (C=O) groups is 3. The second-order valence-electron chi connectivity index (χ2n) is 11.6. The maximum atomic E-state index is 14.8. The van der Waals surface area contributed by atoms with Crippen LogP contribution in [0.2, 0.25) is 0 Å². The summed E-state index contributed by atoms with van der Waals surface area (Å²) in [6.45, 7) is 12.2. The van der Waals surface area contributed by atoms with Gasteiger partial charge in [0, 0.05) is 56.4 Å². The van der Waals surface area contributed by atoms with Crippen molar-refractivity contribution < 1.29 is 24.2 Å². The summed E-state index contributed by atoms with van der Waals surface area (Å²) in [6, 6.07) is 7.81. The van der Waals surface area contributed by atoms with Gasteiger partial charge in [0.25, 0.3) is 0 Å². The number of rotatable bonds is 12. The fourth-order valence-corrected chi connectivity index (χ4v) is 10.8. The molecular weight excluding hydrogens is 620 g/mol. The van der Waals surface area contributed by atoms with Crippen molar-refractivity contribution in [3.63, 3.8) is 0 Å². The van der Waals surface area contributed by atoms with Crippen LogP contribution in [0.3, 0.4) is 0 Å². The molecule has 9 nitrogen and oxygen atoms in total. The molecule has 3 unspecified atom stereocenters. The summed E-state index contributed by atoms with van der Waals surface area (Å²) < 4.78 is 4.69. The minimum absolute atomic E-state index is 0.0293. The molecule has 7 atom stereocenters. The molecule has 5 rings (SSSR count). The van der Waals surface area contributed by atoms with E-state index in [0.717, 1.165) is 18.7 Å². The number of aliphatic hydroxyl groups is 1. The third kappa shape index (κ3) is 5.47. The lowest BCUT2D eigenvalue weighted by Gasteiger charge is -2.40. The zero-order valence-electron chi connectivity index (χ0n) is 24.1. The highest BCUT2D eigenvalue weighted by Gasteiger charge is 2.76. The van der Waals surface area contributed by atoms with E-state index in [4.69, 9.17) is 4.74 Å². The SMILES string of the molecule is C=CCN(C)C(=O)[C@H]1[C@@H]2SC3(CC2Br)C(C(=O)N(CC=C)CCN2CCOCC2)N([C@H](CO)c2ccccc2)C(=O)[C@H]13. The first kappa shape index (κ1) is 31.3. The lowest BCUT2D eigenvalue weighted by atomic mass is 9.70. The van der Waals surface area contributed by atoms with E-state index in [1.807, 2.05) is 30.3 Å². The third-order valence-electron chi connectivity index (χ3n) is 9.17. The zero-order valence-corrected chi connectivity index (χ0v) is 26.5. The maximum absolute atomic E-state index is 14.8. The zero-order chi connectivity index (χ0) is 30.0. The van der Waals surface area contributed by atoms with Crippen molar-refractivity contribution in [2.75, 3.05) is 66.1 Å². The van der Waals surface area contributed by atoms with Crippen LogP contribution in [0, 0.1) is 11.8 Å². The average molecular weight is 662 g/mol. The fraction of sp³-hybridized carbons (Fsp3) is 0.581. The second-order valence-corrected chi connectivity index (χ2v) is 14.3. The van der Waals surface area contributed by atoms with Gasteiger partial charge in [0.1, 0.15) is 6.04 Å². The summed E-state index contributed by atoms with van der Waals surface area (Å²) in [5.74, 6) is -1.75. The molecule has 4 heterocycles. The van der Waals surface area contributed by atoms with Crippen LogP contribution in [0.4, 0.5) is 0 Å². The molecule has 2 bridgehead atoms. The Morgan fingerprint density at radius 2 is 1.88 bits per heavy atom. The van der Waals surface area contributed by atoms with Gasteiger partial charge in [-0.3, -0.25) is 19.3 Å². The highest BCUT2D eigenvalue weighted by Crippen LogP contribution is 2.68. The van der Waals surface area contributed by atoms with Crippen LogP contribution in [0.1, 0.15) is 18.0 Å². The number of amides is 3. The van der Waals surface area contributed by atoms with Gasteiger partial charge in [0.15, 0.2) is 0 Å². The molecule has 4 aliphatic heterocycles. The average Bonchev–Trinajstić information content (AvgIpc) is 3.59. The monoisotopic (exact) mass is 660 g/mol. The van der Waals surface area contributed by atoms with Gasteiger partial charge in [-0.25, -0.2) is 0 Å². The third-order valence-corrected chi connectivity index (χ3v) is 12.4. The Morgan fingerprint density at radius 3 is 2.52 bits per heavy atom. The van der Waals surface area contributed by atoms with E-state index in [0.29, 0.717) is 45.8 Å². The number of halogens is 1. The molecule has 11 heteroatoms. The molecule has 1 aromatic rings. The van der Waals surface area contributed by atoms with E-state index in [1.54, 1.807) is 45.7 Å². The quantitative estimate of drug-likeness (QED) is 0.271. The molecule has 0 aliphatic carbocycles. The molecule has 1 spiro atoms. The van der Waals surface area contributed by atoms with Gasteiger partial charge in [0.05, 0.1) is 42.4 Å². The van der Waals surface area contributed by atoms with Crippen molar-refractivity contribution in [3.05, 3.63) is 61.2 Å². The molecule has 1 aromatic carbocycles. The summed E-state index contributed by atoms with van der Waals surface area (Å²) in [5, 5.41) is 10.6. The molecule has 0 radical (unpaired) electrons. The van der Waals surface area contributed by atoms with Crippen LogP contribution in [-0.2, 0) is 19.1 Å². The first-order valence-corrected chi connectivity index (χ1v) is 16.4. The smallest absolute Gasteiger partial charge is 0.247 e. The predicted molar refractivity (Wildman–Crippen MR) is 167 cm³/mol. The first-order valence-electron chi connectivity index (χ1n) is 14.6. The van der Waals surface area contributed by atoms with Crippen molar-refractivity contribution in [1.82, 2.24) is 19.6 Å². The number of morpholine rings is 1. The number of alkyl halides is 1. The largest absolute Gasteiger partial charge is 0.394 e. The molecular formula is C31H41BrN4O5S. The molecule has 4 fully saturated rings. The van der Waals surface area contributed by atoms with E-state index in [9.17, 15) is 19.5 Å². The van der Waals surface area contributed by atoms with Crippen LogP contribution >= 0.6 is 27.7 Å². The van der Waals surface area contributed by atoms with Crippen molar-refractivity contribution in [2.45, 2.75) is 33.3 Å². The number of nitrogens with zero attached hydrogens (tertiary/aromatic N) is 4. The summed E-state index contributed by atoms with van der Waals surface area (Å²) in [7, 11) is 1.73. The van der Waals surface area contributed by atoms with Gasteiger partial charge in [-0.15, -0.1) is 24.9 Å². The van der Waals surface area contributed by atoms with E-state index in [2.05, 4.69) is 34.0 Å². The van der Waals surface area contributed by atoms with E-state index < -0.39 is 28.7 Å². The number of carbonyl (C=O) groups excluding carboxylic acids is 3. The Morgan fingerprint density at radius 1 is 1.19 bits per heavy atom. The number of hydrogen-bond acceptors (Lipinski definition) is 7. The van der Waals surface area contributed by atoms with Gasteiger partial charge in [-0.2, -0.15) is 0 Å². The van der Waals surface area contributed by atoms with E-state index >= 15 is 0 Å². The Bertz CT molecular complexity index is 1180. The van der Waals surface area contributed by atoms with Gasteiger partial charge in [-0.1, -0.05) is 58.4 Å². The predicted octanol–water partition coefficient (Wildman–Crippen LogP) is 2.18. The molecule has 0 saturated carbocycles. The highest BCUT2D eigenvalue weighted by molar-refractivity contribution is 9.09. The van der Waals surface area contributed by atoms with Crippen molar-refractivity contribution in [3.8, 4) is 0 Å². The number of benzene rings is 1. The van der Waals surface area contributed by atoms with E-state index in [1.165, 1.54) is 0 Å². The van der Waals surface area contributed by atoms with Crippen LogP contribution in [0.15, 0.2) is 55.6 Å². The standard InChI is InChI=1S/C31H41BrN4O5S/c1-4-11-33(3)28(38)24-25-29(39)36(23(20-37)21-9-7-6-8-10-21)27(31(25)19-22(32)26(24)42-31)30(40)35(12-5-2)14-13-34-15-17-41-18-16-34/h4-10,22-27,37H,1-2,11-20H2,3H3/t22?,23-,24-,25+,26-,27?,31?/m1/s1. The lowest BCUT2D eigenvalue weighted by molar-refractivity contribution is -0.147. The number of aliphatic hydroxyl groups excluding tert-OH is 1. The minimum atomic E-state index is -0.838. The molecule has 228 valence electrons. The summed E-state index contributed by atoms with van der Waals surface area (Å²) in [6.07, 6.45) is 3.98. The fourth-order valence-electron chi connectivity index (χ4n) is 7.24. The molecule has 0 aromatic heterocycles.